The van der Waals surface area contributed by atoms with E-state index >= 15 is 0 Å². The number of aliphatic imine (C=N–C) groups is 1. The highest BCUT2D eigenvalue weighted by Crippen LogP contribution is 2.25. The summed E-state index contributed by atoms with van der Waals surface area (Å²) < 4.78 is 0. The maximum absolute atomic E-state index is 11.9. The van der Waals surface area contributed by atoms with Gasteiger partial charge in [0.15, 0.2) is 0 Å². The van der Waals surface area contributed by atoms with Crippen molar-refractivity contribution in [2.75, 3.05) is 0 Å². The van der Waals surface area contributed by atoms with Crippen molar-refractivity contribution in [1.29, 1.82) is 0 Å². The van der Waals surface area contributed by atoms with Crippen LogP contribution in [0, 0.1) is 0 Å². The monoisotopic (exact) mass is 246 g/mol. The van der Waals surface area contributed by atoms with Crippen LogP contribution in [-0.2, 0) is 9.59 Å². The fourth-order valence-corrected chi connectivity index (χ4v) is 1.90. The van der Waals surface area contributed by atoms with Crippen molar-refractivity contribution in [3.63, 3.8) is 0 Å². The molecule has 0 radical (unpaired) electrons. The number of carbonyl (C=O) groups is 2. The van der Waals surface area contributed by atoms with Gasteiger partial charge in [-0.15, -0.1) is 0 Å². The molecule has 0 aromatic rings. The molecule has 0 saturated carbocycles. The summed E-state index contributed by atoms with van der Waals surface area (Å²) in [4.78, 5) is 28.1. The lowest BCUT2D eigenvalue weighted by Gasteiger charge is -2.44. The van der Waals surface area contributed by atoms with Gasteiger partial charge in [-0.25, -0.2) is 4.99 Å². The molecule has 16 heavy (non-hydrogen) atoms. The van der Waals surface area contributed by atoms with Crippen molar-refractivity contribution >= 4 is 29.1 Å². The van der Waals surface area contributed by atoms with Crippen molar-refractivity contribution in [2.24, 2.45) is 4.99 Å². The van der Waals surface area contributed by atoms with Gasteiger partial charge in [-0.05, 0) is 41.5 Å². The number of amides is 2. The summed E-state index contributed by atoms with van der Waals surface area (Å²) in [5, 5.41) is 0. The van der Waals surface area contributed by atoms with E-state index < -0.39 is 22.9 Å². The second-order valence-corrected chi connectivity index (χ2v) is 5.71. The first-order valence-corrected chi connectivity index (χ1v) is 5.47. The van der Waals surface area contributed by atoms with Crippen LogP contribution in [0.1, 0.15) is 41.5 Å². The van der Waals surface area contributed by atoms with Crippen LogP contribution in [0.4, 0.5) is 0 Å². The summed E-state index contributed by atoms with van der Waals surface area (Å²) in [6, 6.07) is 0. The summed E-state index contributed by atoms with van der Waals surface area (Å²) in [5.74, 6) is -1.49. The number of carbonyl (C=O) groups excluding carboxylic acids is 2. The molecular weight excluding hydrogens is 228 g/mol. The minimum atomic E-state index is -0.847. The Balaban J connectivity index is 5.24. The summed E-state index contributed by atoms with van der Waals surface area (Å²) in [6.07, 6.45) is 0. The normalized spacial score (nSPS) is 12.9. The Morgan fingerprint density at radius 3 is 1.69 bits per heavy atom. The summed E-state index contributed by atoms with van der Waals surface area (Å²) in [6.45, 7) is 11.2. The molecular formula is C11H19ClN2O2. The average molecular weight is 247 g/mol. The predicted octanol–water partition coefficient (Wildman–Crippen LogP) is 2.21. The lowest BCUT2D eigenvalue weighted by atomic mass is 9.95. The smallest absolute Gasteiger partial charge is 0.325 e. The Kier molecular flexibility index (Phi) is 4.68. The number of nitrogens with zero attached hydrogens (tertiary/aromatic N) is 2. The first kappa shape index (κ1) is 15.1. The van der Waals surface area contributed by atoms with Crippen LogP contribution in [0.5, 0.6) is 0 Å². The zero-order valence-electron chi connectivity index (χ0n) is 10.7. The van der Waals surface area contributed by atoms with E-state index in [9.17, 15) is 9.59 Å². The number of hydrogen-bond acceptors (Lipinski definition) is 2. The maximum atomic E-state index is 11.9. The average Bonchev–Trinajstić information content (AvgIpc) is 1.98. The van der Waals surface area contributed by atoms with Crippen LogP contribution in [0.3, 0.4) is 0 Å². The summed E-state index contributed by atoms with van der Waals surface area (Å²) in [7, 11) is 0. The van der Waals surface area contributed by atoms with Crippen molar-refractivity contribution in [3.8, 4) is 0 Å². The minimum Gasteiger partial charge on any atom is -0.325 e. The molecule has 0 spiro atoms. The molecule has 2 amide bonds. The van der Waals surface area contributed by atoms with Gasteiger partial charge < -0.3 is 4.90 Å². The zero-order valence-corrected chi connectivity index (χ0v) is 11.4. The van der Waals surface area contributed by atoms with E-state index in [1.807, 2.05) is 41.5 Å². The van der Waals surface area contributed by atoms with Crippen LogP contribution < -0.4 is 0 Å². The highest BCUT2D eigenvalue weighted by Gasteiger charge is 2.38. The van der Waals surface area contributed by atoms with Crippen molar-refractivity contribution < 1.29 is 9.59 Å². The van der Waals surface area contributed by atoms with Gasteiger partial charge in [0.2, 0.25) is 0 Å². The van der Waals surface area contributed by atoms with Crippen LogP contribution in [-0.4, -0.2) is 33.5 Å². The Morgan fingerprint density at radius 2 is 1.44 bits per heavy atom. The highest BCUT2D eigenvalue weighted by molar-refractivity contribution is 6.58. The number of rotatable bonds is 0. The fraction of sp³-hybridized carbons (Fsp3) is 0.727. The molecule has 0 aliphatic carbocycles. The van der Waals surface area contributed by atoms with E-state index in [0.29, 0.717) is 0 Å². The second-order valence-electron chi connectivity index (χ2n) is 5.51. The molecule has 0 rings (SSSR count). The lowest BCUT2D eigenvalue weighted by Crippen LogP contribution is -2.57. The Morgan fingerprint density at radius 1 is 1.06 bits per heavy atom. The molecule has 4 nitrogen and oxygen atoms in total. The summed E-state index contributed by atoms with van der Waals surface area (Å²) in [5.41, 5.74) is -0.0939. The third-order valence-corrected chi connectivity index (χ3v) is 1.99. The van der Waals surface area contributed by atoms with E-state index in [4.69, 9.17) is 11.6 Å². The largest absolute Gasteiger partial charge is 0.336 e. The fourth-order valence-electron chi connectivity index (χ4n) is 1.81. The molecule has 0 aliphatic rings. The quantitative estimate of drug-likeness (QED) is 0.486. The van der Waals surface area contributed by atoms with Crippen LogP contribution >= 0.6 is 11.6 Å². The molecule has 0 aromatic heterocycles. The van der Waals surface area contributed by atoms with Gasteiger partial charge in [0.25, 0.3) is 0 Å². The van der Waals surface area contributed by atoms with E-state index in [1.165, 1.54) is 4.90 Å². The highest BCUT2D eigenvalue weighted by atomic mass is 35.5. The number of halogens is 1. The first-order chi connectivity index (χ1) is 7.01. The van der Waals surface area contributed by atoms with Crippen LogP contribution in [0.25, 0.3) is 0 Å². The van der Waals surface area contributed by atoms with Crippen LogP contribution in [0.2, 0.25) is 0 Å². The van der Waals surface area contributed by atoms with E-state index in [-0.39, 0.29) is 0 Å². The van der Waals surface area contributed by atoms with Gasteiger partial charge in [0.1, 0.15) is 0 Å². The lowest BCUT2D eigenvalue weighted by molar-refractivity contribution is -0.152. The molecule has 0 unspecified atom stereocenters. The molecule has 0 heterocycles. The second kappa shape index (κ2) is 4.95. The van der Waals surface area contributed by atoms with Gasteiger partial charge in [0, 0.05) is 11.1 Å². The van der Waals surface area contributed by atoms with Gasteiger partial charge in [-0.2, -0.15) is 0 Å². The topological polar surface area (TPSA) is 49.7 Å². The van der Waals surface area contributed by atoms with Crippen molar-refractivity contribution in [1.82, 2.24) is 4.90 Å². The maximum Gasteiger partial charge on any atom is 0.336 e. The van der Waals surface area contributed by atoms with Crippen molar-refractivity contribution in [2.45, 2.75) is 52.6 Å². The summed E-state index contributed by atoms with van der Waals surface area (Å²) >= 11 is 5.19. The van der Waals surface area contributed by atoms with Gasteiger partial charge in [-0.1, -0.05) is 11.6 Å². The molecule has 0 atom stereocenters. The molecule has 0 aliphatic heterocycles. The van der Waals surface area contributed by atoms with Crippen molar-refractivity contribution in [3.05, 3.63) is 0 Å². The van der Waals surface area contributed by atoms with E-state index in [0.717, 1.165) is 5.67 Å². The van der Waals surface area contributed by atoms with Crippen LogP contribution in [0.15, 0.2) is 4.99 Å². The predicted molar refractivity (Wildman–Crippen MR) is 65.7 cm³/mol. The molecule has 5 heteroatoms. The van der Waals surface area contributed by atoms with Gasteiger partial charge >= 0.3 is 11.8 Å². The SMILES string of the molecule is CC(C)(C)N(C(=O)C(=O)N=CCl)C(C)(C)C. The molecule has 0 aromatic carbocycles. The van der Waals surface area contributed by atoms with E-state index in [2.05, 4.69) is 4.99 Å². The Labute approximate surface area is 102 Å². The Hall–Kier alpha value is -0.900. The molecule has 0 bridgehead atoms. The minimum absolute atomic E-state index is 0.452. The van der Waals surface area contributed by atoms with E-state index in [1.54, 1.807) is 0 Å². The molecule has 0 N–H and O–H groups in total. The van der Waals surface area contributed by atoms with Gasteiger partial charge in [0.05, 0.1) is 5.67 Å². The Bertz CT molecular complexity index is 297. The zero-order chi connectivity index (χ0) is 13.1. The standard InChI is InChI=1S/C11H19ClN2O2/c1-10(2,3)14(11(4,5)6)9(16)8(15)13-7-12/h7H,1-6H3. The number of hydrogen-bond donors (Lipinski definition) is 0. The van der Waals surface area contributed by atoms with Gasteiger partial charge in [-0.3, -0.25) is 9.59 Å². The molecule has 92 valence electrons. The third-order valence-electron chi connectivity index (χ3n) is 1.89. The molecule has 0 fully saturated rings. The first-order valence-electron chi connectivity index (χ1n) is 5.03. The third kappa shape index (κ3) is 3.93. The molecule has 0 saturated heterocycles.